The lowest BCUT2D eigenvalue weighted by atomic mass is 10.1. The Bertz CT molecular complexity index is 895. The zero-order valence-electron chi connectivity index (χ0n) is 14.1. The average molecular weight is 375 g/mol. The van der Waals surface area contributed by atoms with Crippen LogP contribution in [0.25, 0.3) is 0 Å². The standard InChI is InChI=1S/C17H15ClN4O4/c1-8-11(4-3-9(6-19)13(8)18)22-15(23)14-12-5-10(21(14)16(22)24)7-20(12)17(25)26-2/h3-4,10,12,14H,5,7H2,1-2H3/t10-,12?,14-/m1/s1. The minimum Gasteiger partial charge on any atom is -0.453 e. The second kappa shape index (κ2) is 5.61. The highest BCUT2D eigenvalue weighted by Gasteiger charge is 2.63. The number of urea groups is 1. The van der Waals surface area contributed by atoms with E-state index >= 15 is 0 Å². The molecule has 3 heterocycles. The number of benzene rings is 1. The van der Waals surface area contributed by atoms with Gasteiger partial charge in [0.15, 0.2) is 0 Å². The van der Waals surface area contributed by atoms with Crippen LogP contribution in [0.5, 0.6) is 0 Å². The third-order valence-electron chi connectivity index (χ3n) is 5.39. The van der Waals surface area contributed by atoms with Crippen LogP contribution in [0.3, 0.4) is 0 Å². The van der Waals surface area contributed by atoms with Gasteiger partial charge < -0.3 is 14.5 Å². The van der Waals surface area contributed by atoms with Crippen LogP contribution in [-0.2, 0) is 9.53 Å². The summed E-state index contributed by atoms with van der Waals surface area (Å²) < 4.78 is 4.78. The third kappa shape index (κ3) is 1.98. The number of hydrogen-bond donors (Lipinski definition) is 0. The first kappa shape index (κ1) is 16.7. The van der Waals surface area contributed by atoms with Crippen LogP contribution in [0.4, 0.5) is 15.3 Å². The number of amides is 4. The molecule has 1 aromatic rings. The van der Waals surface area contributed by atoms with E-state index in [1.54, 1.807) is 17.9 Å². The van der Waals surface area contributed by atoms with E-state index in [1.807, 2.05) is 6.07 Å². The molecule has 0 saturated carbocycles. The Morgan fingerprint density at radius 1 is 1.38 bits per heavy atom. The van der Waals surface area contributed by atoms with E-state index in [-0.39, 0.29) is 28.6 Å². The van der Waals surface area contributed by atoms with Crippen LogP contribution in [0, 0.1) is 18.3 Å². The molecule has 26 heavy (non-hydrogen) atoms. The van der Waals surface area contributed by atoms with Crippen molar-refractivity contribution in [2.45, 2.75) is 31.5 Å². The topological polar surface area (TPSA) is 94.0 Å². The monoisotopic (exact) mass is 374 g/mol. The number of fused-ring (bicyclic) bond motifs is 5. The molecule has 1 unspecified atom stereocenters. The summed E-state index contributed by atoms with van der Waals surface area (Å²) >= 11 is 6.19. The molecule has 4 rings (SSSR count). The highest BCUT2D eigenvalue weighted by atomic mass is 35.5. The number of carbonyl (C=O) groups excluding carboxylic acids is 3. The summed E-state index contributed by atoms with van der Waals surface area (Å²) in [6, 6.07) is 3.30. The summed E-state index contributed by atoms with van der Waals surface area (Å²) in [5.74, 6) is -0.389. The van der Waals surface area contributed by atoms with Crippen LogP contribution in [-0.4, -0.2) is 59.6 Å². The lowest BCUT2D eigenvalue weighted by molar-refractivity contribution is -0.121. The van der Waals surface area contributed by atoms with Gasteiger partial charge in [-0.25, -0.2) is 14.5 Å². The Kier molecular flexibility index (Phi) is 3.59. The fourth-order valence-electron chi connectivity index (χ4n) is 4.21. The number of anilines is 1. The van der Waals surface area contributed by atoms with Gasteiger partial charge in [-0.1, -0.05) is 11.6 Å². The molecule has 134 valence electrons. The Morgan fingerprint density at radius 2 is 2.12 bits per heavy atom. The van der Waals surface area contributed by atoms with Gasteiger partial charge in [-0.15, -0.1) is 0 Å². The highest BCUT2D eigenvalue weighted by Crippen LogP contribution is 2.43. The Balaban J connectivity index is 1.72. The van der Waals surface area contributed by atoms with E-state index < -0.39 is 18.2 Å². The van der Waals surface area contributed by atoms with Crippen LogP contribution in [0.15, 0.2) is 12.1 Å². The number of hydrogen-bond acceptors (Lipinski definition) is 5. The van der Waals surface area contributed by atoms with E-state index in [9.17, 15) is 14.4 Å². The molecule has 8 nitrogen and oxygen atoms in total. The largest absolute Gasteiger partial charge is 0.453 e. The number of likely N-dealkylation sites (tertiary alicyclic amines) is 1. The summed E-state index contributed by atoms with van der Waals surface area (Å²) in [5, 5.41) is 9.30. The number of imide groups is 1. The molecule has 2 bridgehead atoms. The van der Waals surface area contributed by atoms with Crippen molar-refractivity contribution in [3.63, 3.8) is 0 Å². The molecule has 3 saturated heterocycles. The Hall–Kier alpha value is -2.79. The summed E-state index contributed by atoms with van der Waals surface area (Å²) in [7, 11) is 1.29. The van der Waals surface area contributed by atoms with Crippen molar-refractivity contribution in [1.29, 1.82) is 5.26 Å². The number of piperazine rings is 1. The smallest absolute Gasteiger partial charge is 0.409 e. The second-order valence-electron chi connectivity index (χ2n) is 6.57. The number of ether oxygens (including phenoxy) is 1. The van der Waals surface area contributed by atoms with Crippen molar-refractivity contribution >= 4 is 35.3 Å². The maximum Gasteiger partial charge on any atom is 0.409 e. The normalized spacial score (nSPS) is 26.4. The molecule has 3 aliphatic rings. The summed E-state index contributed by atoms with van der Waals surface area (Å²) in [4.78, 5) is 42.1. The van der Waals surface area contributed by atoms with Crippen molar-refractivity contribution < 1.29 is 19.1 Å². The van der Waals surface area contributed by atoms with E-state index in [0.29, 0.717) is 24.2 Å². The third-order valence-corrected chi connectivity index (χ3v) is 5.88. The number of rotatable bonds is 1. The van der Waals surface area contributed by atoms with Gasteiger partial charge in [0.1, 0.15) is 12.1 Å². The predicted molar refractivity (Wildman–Crippen MR) is 90.7 cm³/mol. The zero-order chi connectivity index (χ0) is 18.7. The summed E-state index contributed by atoms with van der Waals surface area (Å²) in [5.41, 5.74) is 1.14. The van der Waals surface area contributed by atoms with Gasteiger partial charge >= 0.3 is 12.1 Å². The zero-order valence-corrected chi connectivity index (χ0v) is 14.9. The first-order valence-electron chi connectivity index (χ1n) is 8.10. The van der Waals surface area contributed by atoms with Gasteiger partial charge in [0.05, 0.1) is 35.5 Å². The molecule has 0 radical (unpaired) electrons. The Labute approximate surface area is 154 Å². The lowest BCUT2D eigenvalue weighted by Gasteiger charge is -2.33. The minimum absolute atomic E-state index is 0.209. The van der Waals surface area contributed by atoms with Crippen LogP contribution >= 0.6 is 11.6 Å². The van der Waals surface area contributed by atoms with Crippen molar-refractivity contribution in [1.82, 2.24) is 9.80 Å². The van der Waals surface area contributed by atoms with E-state index in [0.717, 1.165) is 4.90 Å². The van der Waals surface area contributed by atoms with E-state index in [1.165, 1.54) is 18.1 Å². The van der Waals surface area contributed by atoms with Crippen molar-refractivity contribution in [2.75, 3.05) is 18.6 Å². The van der Waals surface area contributed by atoms with Crippen molar-refractivity contribution in [3.05, 3.63) is 28.3 Å². The fourth-order valence-corrected chi connectivity index (χ4v) is 4.41. The SMILES string of the molecule is COC(=O)N1C[C@H]2CC1[C@@H]1C(=O)N(c3ccc(C#N)c(Cl)c3C)C(=O)N21. The highest BCUT2D eigenvalue weighted by molar-refractivity contribution is 6.33. The lowest BCUT2D eigenvalue weighted by Crippen LogP contribution is -2.54. The number of halogens is 1. The second-order valence-corrected chi connectivity index (χ2v) is 6.95. The van der Waals surface area contributed by atoms with Crippen molar-refractivity contribution in [3.8, 4) is 6.07 Å². The quantitative estimate of drug-likeness (QED) is 0.699. The predicted octanol–water partition coefficient (Wildman–Crippen LogP) is 1.88. The maximum atomic E-state index is 13.0. The molecule has 4 amide bonds. The molecule has 3 atom stereocenters. The molecular weight excluding hydrogens is 360 g/mol. The maximum absolute atomic E-state index is 13.0. The number of methoxy groups -OCH3 is 1. The van der Waals surface area contributed by atoms with Gasteiger partial charge in [-0.05, 0) is 31.0 Å². The Morgan fingerprint density at radius 3 is 2.77 bits per heavy atom. The molecule has 0 aromatic heterocycles. The van der Waals surface area contributed by atoms with Gasteiger partial charge in [-0.3, -0.25) is 4.79 Å². The van der Waals surface area contributed by atoms with Gasteiger partial charge in [-0.2, -0.15) is 5.26 Å². The van der Waals surface area contributed by atoms with Crippen LogP contribution in [0.2, 0.25) is 5.02 Å². The molecule has 0 aliphatic carbocycles. The first-order valence-corrected chi connectivity index (χ1v) is 8.48. The molecule has 3 fully saturated rings. The van der Waals surface area contributed by atoms with E-state index in [4.69, 9.17) is 21.6 Å². The molecule has 0 spiro atoms. The first-order chi connectivity index (χ1) is 12.4. The number of nitrogens with zero attached hydrogens (tertiary/aromatic N) is 4. The molecule has 9 heteroatoms. The van der Waals surface area contributed by atoms with Gasteiger partial charge in [0, 0.05) is 6.54 Å². The van der Waals surface area contributed by atoms with Gasteiger partial charge in [0.2, 0.25) is 0 Å². The number of nitriles is 1. The number of carbonyl (C=O) groups is 3. The minimum atomic E-state index is -0.714. The molecule has 0 N–H and O–H groups in total. The fraction of sp³-hybridized carbons (Fsp3) is 0.412. The van der Waals surface area contributed by atoms with Crippen molar-refractivity contribution in [2.24, 2.45) is 0 Å². The average Bonchev–Trinajstić information content (AvgIpc) is 3.29. The van der Waals surface area contributed by atoms with Crippen LogP contribution in [0.1, 0.15) is 17.5 Å². The molecule has 3 aliphatic heterocycles. The molecule has 1 aromatic carbocycles. The van der Waals surface area contributed by atoms with Gasteiger partial charge in [0.25, 0.3) is 5.91 Å². The van der Waals surface area contributed by atoms with Crippen LogP contribution < -0.4 is 4.90 Å². The van der Waals surface area contributed by atoms with E-state index in [2.05, 4.69) is 0 Å². The summed E-state index contributed by atoms with van der Waals surface area (Å²) in [6.07, 6.45) is 0.0755. The molecular formula is C17H15ClN4O4. The summed E-state index contributed by atoms with van der Waals surface area (Å²) in [6.45, 7) is 2.02.